The van der Waals surface area contributed by atoms with Gasteiger partial charge < -0.3 is 11.1 Å². The molecule has 0 saturated heterocycles. The summed E-state index contributed by atoms with van der Waals surface area (Å²) in [4.78, 5) is -0.0346. The molecule has 4 N–H and O–H groups in total. The zero-order valence-electron chi connectivity index (χ0n) is 11.6. The lowest BCUT2D eigenvalue weighted by Gasteiger charge is -2.15. The van der Waals surface area contributed by atoms with Crippen molar-refractivity contribution in [3.8, 4) is 0 Å². The summed E-state index contributed by atoms with van der Waals surface area (Å²) >= 11 is 0. The quantitative estimate of drug-likeness (QED) is 0.757. The first-order valence-corrected chi connectivity index (χ1v) is 7.68. The highest BCUT2D eigenvalue weighted by Gasteiger charge is 2.18. The van der Waals surface area contributed by atoms with Gasteiger partial charge in [0.2, 0.25) is 10.0 Å². The molecular weight excluding hydrogens is 293 g/mol. The van der Waals surface area contributed by atoms with E-state index in [0.29, 0.717) is 11.3 Å². The number of nitrogen functional groups attached to an aromatic ring is 1. The summed E-state index contributed by atoms with van der Waals surface area (Å²) in [6.45, 7) is 1.73. The third-order valence-corrected chi connectivity index (χ3v) is 4.50. The minimum atomic E-state index is -3.71. The molecule has 0 spiro atoms. The van der Waals surface area contributed by atoms with Gasteiger partial charge >= 0.3 is 0 Å². The first-order valence-electron chi connectivity index (χ1n) is 6.20. The van der Waals surface area contributed by atoms with Crippen LogP contribution in [0.1, 0.15) is 5.56 Å². The Labute approximate surface area is 123 Å². The lowest BCUT2D eigenvalue weighted by atomic mass is 10.2. The van der Waals surface area contributed by atoms with Crippen LogP contribution in [-0.4, -0.2) is 15.5 Å². The molecule has 0 atom stereocenters. The van der Waals surface area contributed by atoms with Crippen LogP contribution in [0.2, 0.25) is 0 Å². The van der Waals surface area contributed by atoms with Gasteiger partial charge in [-0.3, -0.25) is 0 Å². The van der Waals surface area contributed by atoms with Crippen molar-refractivity contribution in [1.29, 1.82) is 0 Å². The molecule has 112 valence electrons. The van der Waals surface area contributed by atoms with Crippen LogP contribution in [0.5, 0.6) is 0 Å². The average Bonchev–Trinajstić information content (AvgIpc) is 2.44. The Morgan fingerprint density at radius 1 is 1.19 bits per heavy atom. The number of hydrogen-bond donors (Lipinski definition) is 3. The van der Waals surface area contributed by atoms with Crippen molar-refractivity contribution in [3.63, 3.8) is 0 Å². The molecule has 0 radical (unpaired) electrons. The van der Waals surface area contributed by atoms with Gasteiger partial charge in [-0.05, 0) is 43.8 Å². The number of nitrogens with two attached hydrogens (primary N) is 1. The van der Waals surface area contributed by atoms with Gasteiger partial charge in [-0.2, -0.15) is 0 Å². The van der Waals surface area contributed by atoms with E-state index in [1.165, 1.54) is 25.2 Å². The number of sulfonamides is 1. The number of anilines is 3. The number of halogens is 1. The van der Waals surface area contributed by atoms with E-state index >= 15 is 0 Å². The minimum absolute atomic E-state index is 0.0346. The Bertz CT molecular complexity index is 756. The van der Waals surface area contributed by atoms with Gasteiger partial charge in [0.05, 0.1) is 11.4 Å². The van der Waals surface area contributed by atoms with Gasteiger partial charge in [-0.1, -0.05) is 12.1 Å². The van der Waals surface area contributed by atoms with E-state index in [4.69, 9.17) is 5.73 Å². The van der Waals surface area contributed by atoms with Gasteiger partial charge in [0.1, 0.15) is 10.7 Å². The molecule has 21 heavy (non-hydrogen) atoms. The molecule has 0 aromatic heterocycles. The fraction of sp³-hybridized carbons (Fsp3) is 0.143. The molecule has 0 aliphatic heterocycles. The Balaban J connectivity index is 2.56. The van der Waals surface area contributed by atoms with Gasteiger partial charge in [0.15, 0.2) is 0 Å². The standard InChI is InChI=1S/C14H16FN3O2S/c1-9-4-3-5-11(15)14(9)18-12-7-6-10(16)8-13(12)21(19,20)17-2/h3-8,17-18H,16H2,1-2H3. The molecule has 0 fully saturated rings. The van der Waals surface area contributed by atoms with E-state index in [1.54, 1.807) is 25.1 Å². The van der Waals surface area contributed by atoms with Crippen molar-refractivity contribution in [3.05, 3.63) is 47.8 Å². The van der Waals surface area contributed by atoms with Crippen molar-refractivity contribution >= 4 is 27.1 Å². The van der Waals surface area contributed by atoms with Gasteiger partial charge in [0, 0.05) is 5.69 Å². The predicted octanol–water partition coefficient (Wildman–Crippen LogP) is 2.37. The first-order chi connectivity index (χ1) is 9.85. The van der Waals surface area contributed by atoms with Crippen LogP contribution in [0.4, 0.5) is 21.5 Å². The summed E-state index contributed by atoms with van der Waals surface area (Å²) < 4.78 is 40.2. The smallest absolute Gasteiger partial charge is 0.242 e. The lowest BCUT2D eigenvalue weighted by molar-refractivity contribution is 0.588. The molecule has 0 bridgehead atoms. The second-order valence-corrected chi connectivity index (χ2v) is 6.37. The van der Waals surface area contributed by atoms with Crippen LogP contribution in [0.3, 0.4) is 0 Å². The van der Waals surface area contributed by atoms with Gasteiger partial charge in [-0.15, -0.1) is 0 Å². The number of aryl methyl sites for hydroxylation is 1. The highest BCUT2D eigenvalue weighted by molar-refractivity contribution is 7.89. The molecule has 0 aliphatic rings. The number of para-hydroxylation sites is 1. The number of benzene rings is 2. The van der Waals surface area contributed by atoms with Crippen molar-refractivity contribution in [2.75, 3.05) is 18.1 Å². The second kappa shape index (κ2) is 5.71. The summed E-state index contributed by atoms with van der Waals surface area (Å²) in [5.74, 6) is -0.459. The molecule has 0 unspecified atom stereocenters. The second-order valence-electron chi connectivity index (χ2n) is 4.52. The number of hydrogen-bond acceptors (Lipinski definition) is 4. The Morgan fingerprint density at radius 2 is 1.90 bits per heavy atom. The fourth-order valence-electron chi connectivity index (χ4n) is 1.90. The van der Waals surface area contributed by atoms with Crippen molar-refractivity contribution in [2.24, 2.45) is 0 Å². The van der Waals surface area contributed by atoms with Crippen LogP contribution in [0.15, 0.2) is 41.3 Å². The van der Waals surface area contributed by atoms with Gasteiger partial charge in [-0.25, -0.2) is 17.5 Å². The van der Waals surface area contributed by atoms with E-state index in [2.05, 4.69) is 10.0 Å². The maximum atomic E-state index is 13.9. The SMILES string of the molecule is CNS(=O)(=O)c1cc(N)ccc1Nc1c(C)cccc1F. The maximum absolute atomic E-state index is 13.9. The molecule has 5 nitrogen and oxygen atoms in total. The van der Waals surface area contributed by atoms with Crippen LogP contribution < -0.4 is 15.8 Å². The molecule has 7 heteroatoms. The van der Waals surface area contributed by atoms with Crippen LogP contribution in [0, 0.1) is 12.7 Å². The largest absolute Gasteiger partial charge is 0.399 e. The molecule has 0 heterocycles. The van der Waals surface area contributed by atoms with E-state index in [9.17, 15) is 12.8 Å². The number of rotatable bonds is 4. The molecule has 0 amide bonds. The Morgan fingerprint density at radius 3 is 2.52 bits per heavy atom. The normalized spacial score (nSPS) is 11.4. The van der Waals surface area contributed by atoms with Crippen LogP contribution in [-0.2, 0) is 10.0 Å². The van der Waals surface area contributed by atoms with Crippen molar-refractivity contribution < 1.29 is 12.8 Å². The summed E-state index contributed by atoms with van der Waals surface area (Å²) in [6.07, 6.45) is 0. The third-order valence-electron chi connectivity index (χ3n) is 3.05. The highest BCUT2D eigenvalue weighted by atomic mass is 32.2. The van der Waals surface area contributed by atoms with E-state index in [1.807, 2.05) is 0 Å². The molecule has 2 aromatic carbocycles. The molecular formula is C14H16FN3O2S. The third kappa shape index (κ3) is 3.14. The number of nitrogens with one attached hydrogen (secondary N) is 2. The molecule has 2 rings (SSSR count). The summed E-state index contributed by atoms with van der Waals surface area (Å²) in [6, 6.07) is 9.00. The van der Waals surface area contributed by atoms with Crippen LogP contribution in [0.25, 0.3) is 0 Å². The first kappa shape index (κ1) is 15.3. The Hall–Kier alpha value is -2.12. The minimum Gasteiger partial charge on any atom is -0.399 e. The maximum Gasteiger partial charge on any atom is 0.242 e. The Kier molecular flexibility index (Phi) is 4.15. The van der Waals surface area contributed by atoms with E-state index < -0.39 is 15.8 Å². The summed E-state index contributed by atoms with van der Waals surface area (Å²) in [7, 11) is -2.41. The van der Waals surface area contributed by atoms with E-state index in [-0.39, 0.29) is 16.3 Å². The average molecular weight is 309 g/mol. The van der Waals surface area contributed by atoms with Crippen molar-refractivity contribution in [2.45, 2.75) is 11.8 Å². The van der Waals surface area contributed by atoms with Crippen LogP contribution >= 0.6 is 0 Å². The monoisotopic (exact) mass is 309 g/mol. The lowest BCUT2D eigenvalue weighted by Crippen LogP contribution is -2.20. The van der Waals surface area contributed by atoms with E-state index in [0.717, 1.165) is 0 Å². The molecule has 2 aromatic rings. The fourth-order valence-corrected chi connectivity index (χ4v) is 2.82. The molecule has 0 aliphatic carbocycles. The highest BCUT2D eigenvalue weighted by Crippen LogP contribution is 2.29. The predicted molar refractivity (Wildman–Crippen MR) is 81.5 cm³/mol. The summed E-state index contributed by atoms with van der Waals surface area (Å²) in [5.41, 5.74) is 7.10. The zero-order valence-corrected chi connectivity index (χ0v) is 12.5. The molecule has 0 saturated carbocycles. The van der Waals surface area contributed by atoms with Crippen molar-refractivity contribution in [1.82, 2.24) is 4.72 Å². The zero-order chi connectivity index (χ0) is 15.6. The van der Waals surface area contributed by atoms with Gasteiger partial charge in [0.25, 0.3) is 0 Å². The summed E-state index contributed by atoms with van der Waals surface area (Å²) in [5, 5.41) is 2.83. The topological polar surface area (TPSA) is 84.2 Å².